The van der Waals surface area contributed by atoms with Crippen molar-refractivity contribution in [2.75, 3.05) is 11.1 Å². The molecule has 0 aliphatic carbocycles. The van der Waals surface area contributed by atoms with Gasteiger partial charge in [-0.1, -0.05) is 66.2 Å². The average molecular weight is 442 g/mol. The predicted octanol–water partition coefficient (Wildman–Crippen LogP) is 4.78. The van der Waals surface area contributed by atoms with Crippen LogP contribution in [0.5, 0.6) is 0 Å². The van der Waals surface area contributed by atoms with E-state index in [-0.39, 0.29) is 0 Å². The maximum absolute atomic E-state index is 6.54. The standard InChI is InChI=1S/C24H20ClN7/c25-19-11-5-4-10-18(19)21-20-22(26)32(15-16-7-2-1-3-8-16)31-23(20)30-24(29-21)28-14-17-9-6-12-27-13-17/h1-13H,14-15,26H2,(H,28,30,31). The fourth-order valence-electron chi connectivity index (χ4n) is 3.54. The quantitative estimate of drug-likeness (QED) is 0.393. The molecule has 0 radical (unpaired) electrons. The Labute approximate surface area is 189 Å². The molecule has 32 heavy (non-hydrogen) atoms. The van der Waals surface area contributed by atoms with Crippen LogP contribution in [0, 0.1) is 0 Å². The summed E-state index contributed by atoms with van der Waals surface area (Å²) in [7, 11) is 0. The Morgan fingerprint density at radius 1 is 0.906 bits per heavy atom. The van der Waals surface area contributed by atoms with Gasteiger partial charge in [0, 0.05) is 29.5 Å². The molecule has 8 heteroatoms. The van der Waals surface area contributed by atoms with E-state index in [1.54, 1.807) is 17.1 Å². The first kappa shape index (κ1) is 20.0. The van der Waals surface area contributed by atoms with Gasteiger partial charge >= 0.3 is 0 Å². The van der Waals surface area contributed by atoms with Crippen LogP contribution in [0.4, 0.5) is 11.8 Å². The zero-order valence-corrected chi connectivity index (χ0v) is 17.9. The van der Waals surface area contributed by atoms with Gasteiger partial charge in [-0.05, 0) is 23.3 Å². The fraction of sp³-hybridized carbons (Fsp3) is 0.0833. The molecule has 5 aromatic rings. The van der Waals surface area contributed by atoms with Crippen molar-refractivity contribution in [3.8, 4) is 11.3 Å². The Bertz CT molecular complexity index is 1370. The van der Waals surface area contributed by atoms with Crippen molar-refractivity contribution < 1.29 is 0 Å². The van der Waals surface area contributed by atoms with Crippen LogP contribution in [-0.2, 0) is 13.1 Å². The molecule has 0 spiro atoms. The molecule has 0 amide bonds. The van der Waals surface area contributed by atoms with Gasteiger partial charge in [0.05, 0.1) is 17.6 Å². The van der Waals surface area contributed by atoms with E-state index in [0.717, 1.165) is 16.7 Å². The average Bonchev–Trinajstić information content (AvgIpc) is 3.14. The SMILES string of the molecule is Nc1c2c(-c3ccccc3Cl)nc(NCc3cccnc3)nc2nn1Cc1ccccc1. The van der Waals surface area contributed by atoms with E-state index in [2.05, 4.69) is 20.4 Å². The van der Waals surface area contributed by atoms with Crippen molar-refractivity contribution in [1.82, 2.24) is 24.7 Å². The molecule has 3 N–H and O–H groups in total. The first-order valence-corrected chi connectivity index (χ1v) is 10.5. The number of anilines is 2. The summed E-state index contributed by atoms with van der Waals surface area (Å²) < 4.78 is 1.75. The highest BCUT2D eigenvalue weighted by atomic mass is 35.5. The summed E-state index contributed by atoms with van der Waals surface area (Å²) in [5.41, 5.74) is 10.6. The van der Waals surface area contributed by atoms with Crippen molar-refractivity contribution >= 4 is 34.4 Å². The van der Waals surface area contributed by atoms with Crippen molar-refractivity contribution in [1.29, 1.82) is 0 Å². The van der Waals surface area contributed by atoms with Gasteiger partial charge in [0.15, 0.2) is 5.65 Å². The number of halogens is 1. The Balaban J connectivity index is 1.61. The Kier molecular flexibility index (Phi) is 5.39. The third kappa shape index (κ3) is 3.98. The lowest BCUT2D eigenvalue weighted by atomic mass is 10.1. The van der Waals surface area contributed by atoms with E-state index < -0.39 is 0 Å². The molecule has 7 nitrogen and oxygen atoms in total. The third-order valence-corrected chi connectivity index (χ3v) is 5.45. The second-order valence-electron chi connectivity index (χ2n) is 7.32. The van der Waals surface area contributed by atoms with Crippen LogP contribution in [0.3, 0.4) is 0 Å². The van der Waals surface area contributed by atoms with E-state index >= 15 is 0 Å². The molecular formula is C24H20ClN7. The van der Waals surface area contributed by atoms with Gasteiger partial charge in [-0.15, -0.1) is 5.10 Å². The fourth-order valence-corrected chi connectivity index (χ4v) is 3.77. The number of nitrogens with two attached hydrogens (primary N) is 1. The van der Waals surface area contributed by atoms with E-state index in [1.165, 1.54) is 0 Å². The van der Waals surface area contributed by atoms with Gasteiger partial charge in [-0.25, -0.2) is 9.67 Å². The third-order valence-electron chi connectivity index (χ3n) is 5.12. The molecule has 0 bridgehead atoms. The van der Waals surface area contributed by atoms with Gasteiger partial charge in [-0.2, -0.15) is 4.98 Å². The summed E-state index contributed by atoms with van der Waals surface area (Å²) in [5.74, 6) is 0.943. The lowest BCUT2D eigenvalue weighted by Gasteiger charge is -2.09. The van der Waals surface area contributed by atoms with E-state index in [0.29, 0.717) is 46.6 Å². The lowest BCUT2D eigenvalue weighted by molar-refractivity contribution is 0.703. The van der Waals surface area contributed by atoms with E-state index in [9.17, 15) is 0 Å². The van der Waals surface area contributed by atoms with Crippen molar-refractivity contribution in [2.45, 2.75) is 13.1 Å². The highest BCUT2D eigenvalue weighted by Gasteiger charge is 2.20. The van der Waals surface area contributed by atoms with Gasteiger partial charge in [0.1, 0.15) is 5.82 Å². The molecule has 0 fully saturated rings. The van der Waals surface area contributed by atoms with Gasteiger partial charge in [0.25, 0.3) is 0 Å². The summed E-state index contributed by atoms with van der Waals surface area (Å²) in [4.78, 5) is 13.5. The molecule has 2 aromatic carbocycles. The zero-order valence-electron chi connectivity index (χ0n) is 17.1. The van der Waals surface area contributed by atoms with Gasteiger partial charge in [0.2, 0.25) is 5.95 Å². The van der Waals surface area contributed by atoms with Crippen molar-refractivity contribution in [2.24, 2.45) is 0 Å². The minimum Gasteiger partial charge on any atom is -0.383 e. The monoisotopic (exact) mass is 441 g/mol. The number of nitrogens with zero attached hydrogens (tertiary/aromatic N) is 5. The Hall–Kier alpha value is -3.97. The summed E-state index contributed by atoms with van der Waals surface area (Å²) in [5, 5.41) is 9.22. The molecule has 0 saturated carbocycles. The van der Waals surface area contributed by atoms with Crippen LogP contribution in [0.15, 0.2) is 79.1 Å². The van der Waals surface area contributed by atoms with Crippen LogP contribution >= 0.6 is 11.6 Å². The summed E-state index contributed by atoms with van der Waals surface area (Å²) in [6, 6.07) is 21.5. The van der Waals surface area contributed by atoms with E-state index in [4.69, 9.17) is 22.3 Å². The topological polar surface area (TPSA) is 94.5 Å². The molecule has 0 atom stereocenters. The molecule has 0 aliphatic rings. The number of hydrogen-bond donors (Lipinski definition) is 2. The number of nitrogens with one attached hydrogen (secondary N) is 1. The van der Waals surface area contributed by atoms with Crippen LogP contribution in [0.2, 0.25) is 5.02 Å². The van der Waals surface area contributed by atoms with Gasteiger partial charge < -0.3 is 11.1 Å². The smallest absolute Gasteiger partial charge is 0.225 e. The number of rotatable bonds is 6. The number of fused-ring (bicyclic) bond motifs is 1. The molecule has 5 rings (SSSR count). The minimum absolute atomic E-state index is 0.445. The van der Waals surface area contributed by atoms with Crippen molar-refractivity contribution in [3.63, 3.8) is 0 Å². The van der Waals surface area contributed by atoms with Gasteiger partial charge in [-0.3, -0.25) is 4.98 Å². The largest absolute Gasteiger partial charge is 0.383 e. The number of pyridine rings is 1. The van der Waals surface area contributed by atoms with Crippen LogP contribution in [0.1, 0.15) is 11.1 Å². The number of benzene rings is 2. The lowest BCUT2D eigenvalue weighted by Crippen LogP contribution is -2.05. The second-order valence-corrected chi connectivity index (χ2v) is 7.72. The maximum atomic E-state index is 6.54. The summed E-state index contributed by atoms with van der Waals surface area (Å²) in [6.07, 6.45) is 3.54. The highest BCUT2D eigenvalue weighted by molar-refractivity contribution is 6.33. The van der Waals surface area contributed by atoms with Crippen LogP contribution in [0.25, 0.3) is 22.3 Å². The molecule has 158 valence electrons. The molecule has 3 heterocycles. The van der Waals surface area contributed by atoms with E-state index in [1.807, 2.05) is 66.7 Å². The molecule has 0 saturated heterocycles. The minimum atomic E-state index is 0.445. The second kappa shape index (κ2) is 8.64. The zero-order chi connectivity index (χ0) is 21.9. The van der Waals surface area contributed by atoms with Crippen molar-refractivity contribution in [3.05, 3.63) is 95.3 Å². The maximum Gasteiger partial charge on any atom is 0.225 e. The first-order chi connectivity index (χ1) is 15.7. The number of hydrogen-bond acceptors (Lipinski definition) is 6. The molecule has 3 aromatic heterocycles. The van der Waals surface area contributed by atoms with Crippen LogP contribution in [-0.4, -0.2) is 24.7 Å². The highest BCUT2D eigenvalue weighted by Crippen LogP contribution is 2.35. The number of nitrogen functional groups attached to an aromatic ring is 1. The number of aromatic nitrogens is 5. The normalized spacial score (nSPS) is 11.0. The molecule has 0 aliphatic heterocycles. The Morgan fingerprint density at radius 3 is 2.47 bits per heavy atom. The molecular weight excluding hydrogens is 422 g/mol. The van der Waals surface area contributed by atoms with Crippen LogP contribution < -0.4 is 11.1 Å². The summed E-state index contributed by atoms with van der Waals surface area (Å²) >= 11 is 6.52. The molecule has 0 unspecified atom stereocenters. The summed E-state index contributed by atoms with van der Waals surface area (Å²) in [6.45, 7) is 1.06. The Morgan fingerprint density at radius 2 is 1.69 bits per heavy atom. The first-order valence-electron chi connectivity index (χ1n) is 10.1. The predicted molar refractivity (Wildman–Crippen MR) is 127 cm³/mol.